The van der Waals surface area contributed by atoms with Crippen molar-refractivity contribution >= 4 is 51.9 Å². The summed E-state index contributed by atoms with van der Waals surface area (Å²) >= 11 is 12.1. The van der Waals surface area contributed by atoms with Crippen LogP contribution in [0.15, 0.2) is 53.4 Å². The van der Waals surface area contributed by atoms with Crippen molar-refractivity contribution in [2.75, 3.05) is 31.5 Å². The number of carbonyl (C=O) groups excluding carboxylic acids is 2. The number of halogens is 2. The summed E-state index contributed by atoms with van der Waals surface area (Å²) in [5.41, 5.74) is 0.751. The van der Waals surface area contributed by atoms with E-state index in [-0.39, 0.29) is 24.1 Å². The average molecular weight is 583 g/mol. The molecule has 8 nitrogen and oxygen atoms in total. The monoisotopic (exact) mass is 581 g/mol. The first-order valence-electron chi connectivity index (χ1n) is 13.0. The van der Waals surface area contributed by atoms with E-state index < -0.39 is 11.0 Å². The molecule has 0 saturated carbocycles. The molecule has 2 unspecified atom stereocenters. The van der Waals surface area contributed by atoms with Crippen LogP contribution in [0.1, 0.15) is 46.0 Å². The first-order chi connectivity index (χ1) is 18.2. The lowest BCUT2D eigenvalue weighted by Gasteiger charge is -2.39. The van der Waals surface area contributed by atoms with Crippen LogP contribution in [-0.2, 0) is 11.0 Å². The molecule has 2 aromatic carbocycles. The second-order valence-corrected chi connectivity index (χ2v) is 11.7. The predicted molar refractivity (Wildman–Crippen MR) is 155 cm³/mol. The Morgan fingerprint density at radius 2 is 1.87 bits per heavy atom. The number of hydrogen-bond acceptors (Lipinski definition) is 3. The molecule has 208 valence electrons. The van der Waals surface area contributed by atoms with Gasteiger partial charge in [-0.2, -0.15) is 0 Å². The first-order valence-corrected chi connectivity index (χ1v) is 14.9. The van der Waals surface area contributed by atoms with Gasteiger partial charge in [-0.15, -0.1) is 0 Å². The van der Waals surface area contributed by atoms with Crippen LogP contribution in [0, 0.1) is 0 Å². The van der Waals surface area contributed by atoms with Crippen molar-refractivity contribution in [1.29, 1.82) is 0 Å². The lowest BCUT2D eigenvalue weighted by molar-refractivity contribution is 0.130. The van der Waals surface area contributed by atoms with E-state index in [1.165, 1.54) is 0 Å². The van der Waals surface area contributed by atoms with Crippen molar-refractivity contribution in [2.24, 2.45) is 0 Å². The van der Waals surface area contributed by atoms with Gasteiger partial charge in [0.15, 0.2) is 0 Å². The Kier molecular flexibility index (Phi) is 12.2. The van der Waals surface area contributed by atoms with E-state index >= 15 is 0 Å². The van der Waals surface area contributed by atoms with E-state index in [1.54, 1.807) is 23.1 Å². The molecule has 1 heterocycles. The number of carbonyl (C=O) groups is 2. The molecule has 1 aliphatic rings. The predicted octanol–water partition coefficient (Wildman–Crippen LogP) is 5.89. The highest BCUT2D eigenvalue weighted by Crippen LogP contribution is 2.23. The van der Waals surface area contributed by atoms with Gasteiger partial charge in [0.2, 0.25) is 0 Å². The van der Waals surface area contributed by atoms with Crippen molar-refractivity contribution in [3.8, 4) is 0 Å². The number of piperidine rings is 1. The Bertz CT molecular complexity index is 1090. The molecular weight excluding hydrogens is 545 g/mol. The molecule has 11 heteroatoms. The Morgan fingerprint density at radius 3 is 2.58 bits per heavy atom. The summed E-state index contributed by atoms with van der Waals surface area (Å²) < 4.78 is 15.5. The lowest BCUT2D eigenvalue weighted by Crippen LogP contribution is -2.54. The number of unbranched alkanes of at least 4 members (excludes halogenated alkanes) is 1. The number of urea groups is 2. The van der Waals surface area contributed by atoms with Crippen LogP contribution < -0.4 is 15.4 Å². The molecule has 0 bridgehead atoms. The second-order valence-electron chi connectivity index (χ2n) is 9.63. The topological polar surface area (TPSA) is 93.8 Å². The third-order valence-electron chi connectivity index (χ3n) is 6.23. The molecule has 38 heavy (non-hydrogen) atoms. The smallest absolute Gasteiger partial charge is 0.322 e. The molecule has 0 aliphatic carbocycles. The lowest BCUT2D eigenvalue weighted by atomic mass is 10.0. The van der Waals surface area contributed by atoms with Crippen LogP contribution >= 0.6 is 23.2 Å². The maximum absolute atomic E-state index is 13.1. The number of benzene rings is 2. The summed E-state index contributed by atoms with van der Waals surface area (Å²) in [6.45, 7) is 6.00. The largest absolute Gasteiger partial charge is 0.336 e. The fourth-order valence-electron chi connectivity index (χ4n) is 4.34. The molecule has 3 rings (SSSR count). The van der Waals surface area contributed by atoms with E-state index in [0.717, 1.165) is 24.9 Å². The van der Waals surface area contributed by atoms with Gasteiger partial charge in [-0.25, -0.2) is 18.5 Å². The Hall–Kier alpha value is -2.33. The summed E-state index contributed by atoms with van der Waals surface area (Å²) in [7, 11) is -1.45. The molecule has 1 fully saturated rings. The van der Waals surface area contributed by atoms with Gasteiger partial charge in [0.25, 0.3) is 0 Å². The SMILES string of the molecule is CC(C)NC(=O)N(CCCCNS(=O)c1ccc(Cl)cc1Cl)CC1CCCCN1C(=O)Nc1ccccc1. The molecule has 1 aliphatic heterocycles. The van der Waals surface area contributed by atoms with Crippen molar-refractivity contribution in [3.63, 3.8) is 0 Å². The van der Waals surface area contributed by atoms with Gasteiger partial charge < -0.3 is 20.4 Å². The second kappa shape index (κ2) is 15.3. The highest BCUT2D eigenvalue weighted by atomic mass is 35.5. The number of nitrogens with zero attached hydrogens (tertiary/aromatic N) is 2. The molecule has 3 N–H and O–H groups in total. The fourth-order valence-corrected chi connectivity index (χ4v) is 5.87. The molecular formula is C27H37Cl2N5O3S. The zero-order chi connectivity index (χ0) is 27.5. The summed E-state index contributed by atoms with van der Waals surface area (Å²) in [5.74, 6) is 0. The maximum Gasteiger partial charge on any atom is 0.322 e. The third-order valence-corrected chi connectivity index (χ3v) is 8.11. The number of likely N-dealkylation sites (tertiary alicyclic amines) is 1. The number of hydrogen-bond donors (Lipinski definition) is 3. The number of nitrogens with one attached hydrogen (secondary N) is 3. The van der Waals surface area contributed by atoms with Crippen LogP contribution in [0.25, 0.3) is 0 Å². The van der Waals surface area contributed by atoms with Crippen molar-refractivity contribution < 1.29 is 13.8 Å². The fraction of sp³-hybridized carbons (Fsp3) is 0.481. The van der Waals surface area contributed by atoms with E-state index in [9.17, 15) is 13.8 Å². The van der Waals surface area contributed by atoms with Crippen LogP contribution in [0.3, 0.4) is 0 Å². The molecule has 4 amide bonds. The van der Waals surface area contributed by atoms with E-state index in [0.29, 0.717) is 54.0 Å². The highest BCUT2D eigenvalue weighted by Gasteiger charge is 2.30. The number of anilines is 1. The van der Waals surface area contributed by atoms with Crippen molar-refractivity contribution in [2.45, 2.75) is 62.9 Å². The molecule has 1 saturated heterocycles. The van der Waals surface area contributed by atoms with Gasteiger partial charge in [0.1, 0.15) is 11.0 Å². The quantitative estimate of drug-likeness (QED) is 0.289. The summed E-state index contributed by atoms with van der Waals surface area (Å²) in [6, 6.07) is 13.9. The van der Waals surface area contributed by atoms with Crippen molar-refractivity contribution in [3.05, 3.63) is 58.6 Å². The highest BCUT2D eigenvalue weighted by molar-refractivity contribution is 7.83. The summed E-state index contributed by atoms with van der Waals surface area (Å²) in [5, 5.41) is 6.81. The standard InChI is InChI=1S/C27H37Cl2N5O3S/c1-20(2)31-26(35)33(16-9-7-15-30-38(37)25-14-13-21(28)18-24(25)29)19-23-12-6-8-17-34(23)27(36)32-22-10-4-3-5-11-22/h3-5,10-11,13-14,18,20,23,30H,6-9,12,15-17,19H2,1-2H3,(H,31,35)(H,32,36). The van der Waals surface area contributed by atoms with E-state index in [1.807, 2.05) is 49.1 Å². The van der Waals surface area contributed by atoms with Crippen LogP contribution in [0.2, 0.25) is 10.0 Å². The Morgan fingerprint density at radius 1 is 1.11 bits per heavy atom. The minimum absolute atomic E-state index is 0.00190. The minimum Gasteiger partial charge on any atom is -0.336 e. The number of para-hydroxylation sites is 1. The first kappa shape index (κ1) is 30.2. The van der Waals surface area contributed by atoms with Crippen LogP contribution in [0.5, 0.6) is 0 Å². The Labute approximate surface area is 238 Å². The zero-order valence-electron chi connectivity index (χ0n) is 21.9. The van der Waals surface area contributed by atoms with Crippen LogP contribution in [0.4, 0.5) is 15.3 Å². The molecule has 0 aromatic heterocycles. The Balaban J connectivity index is 1.55. The molecule has 0 spiro atoms. The van der Waals surface area contributed by atoms with Gasteiger partial charge in [0.05, 0.1) is 16.0 Å². The maximum atomic E-state index is 13.1. The van der Waals surface area contributed by atoms with Crippen molar-refractivity contribution in [1.82, 2.24) is 19.8 Å². The van der Waals surface area contributed by atoms with Gasteiger partial charge >= 0.3 is 12.1 Å². The molecule has 0 radical (unpaired) electrons. The number of amides is 4. The van der Waals surface area contributed by atoms with E-state index in [4.69, 9.17) is 23.2 Å². The van der Waals surface area contributed by atoms with Gasteiger partial charge in [-0.3, -0.25) is 0 Å². The molecule has 2 atom stereocenters. The minimum atomic E-state index is -1.45. The average Bonchev–Trinajstić information content (AvgIpc) is 2.88. The molecule has 2 aromatic rings. The van der Waals surface area contributed by atoms with Gasteiger partial charge in [0, 0.05) is 42.9 Å². The van der Waals surface area contributed by atoms with Gasteiger partial charge in [-0.1, -0.05) is 41.4 Å². The van der Waals surface area contributed by atoms with E-state index in [2.05, 4.69) is 15.4 Å². The van der Waals surface area contributed by atoms with Gasteiger partial charge in [-0.05, 0) is 76.3 Å². The zero-order valence-corrected chi connectivity index (χ0v) is 24.2. The summed E-state index contributed by atoms with van der Waals surface area (Å²) in [4.78, 5) is 30.2. The number of rotatable bonds is 11. The summed E-state index contributed by atoms with van der Waals surface area (Å²) in [6.07, 6.45) is 4.23. The van der Waals surface area contributed by atoms with Crippen LogP contribution in [-0.4, -0.2) is 64.3 Å². The normalized spacial score (nSPS) is 16.2. The third kappa shape index (κ3) is 9.45.